The van der Waals surface area contributed by atoms with Crippen LogP contribution >= 0.6 is 0 Å². The number of nitrogens with zero attached hydrogens (tertiary/aromatic N) is 2. The van der Waals surface area contributed by atoms with Gasteiger partial charge < -0.3 is 9.80 Å². The van der Waals surface area contributed by atoms with E-state index < -0.39 is 0 Å². The van der Waals surface area contributed by atoms with Crippen molar-refractivity contribution in [3.8, 4) is 11.1 Å². The number of anilines is 5. The third kappa shape index (κ3) is 3.99. The van der Waals surface area contributed by atoms with Crippen LogP contribution in [0.4, 0.5) is 28.4 Å². The molecule has 0 N–H and O–H groups in total. The molecule has 0 fully saturated rings. The van der Waals surface area contributed by atoms with E-state index in [1.807, 2.05) is 0 Å². The van der Waals surface area contributed by atoms with E-state index in [1.165, 1.54) is 39.2 Å². The van der Waals surface area contributed by atoms with Crippen molar-refractivity contribution in [2.24, 2.45) is 0 Å². The van der Waals surface area contributed by atoms with Gasteiger partial charge in [0.25, 0.3) is 0 Å². The molecule has 1 aliphatic heterocycles. The highest BCUT2D eigenvalue weighted by atomic mass is 15.1. The number of fused-ring (bicyclic) bond motifs is 2. The number of hydrogen-bond acceptors (Lipinski definition) is 2. The number of para-hydroxylation sites is 2. The molecule has 1 aliphatic rings. The summed E-state index contributed by atoms with van der Waals surface area (Å²) in [7, 11) is 2.18. The van der Waals surface area contributed by atoms with Gasteiger partial charge in [0.1, 0.15) is 0 Å². The lowest BCUT2D eigenvalue weighted by Crippen LogP contribution is -2.31. The van der Waals surface area contributed by atoms with E-state index in [4.69, 9.17) is 0 Å². The van der Waals surface area contributed by atoms with Crippen molar-refractivity contribution in [3.63, 3.8) is 0 Å². The predicted molar refractivity (Wildman–Crippen MR) is 158 cm³/mol. The topological polar surface area (TPSA) is 6.48 Å². The average molecular weight is 481 g/mol. The van der Waals surface area contributed by atoms with Crippen LogP contribution in [0.25, 0.3) is 11.1 Å². The fourth-order valence-corrected chi connectivity index (χ4v) is 5.63. The Hall–Kier alpha value is -4.30. The SMILES string of the molecule is Cc1ccc2c(c1)C(C)(C)c1cc(-c3ccc(N(c4ccccc4)c4ccccc4)cc3)ccc1N2C. The van der Waals surface area contributed by atoms with E-state index in [-0.39, 0.29) is 5.41 Å². The van der Waals surface area contributed by atoms with E-state index in [2.05, 4.69) is 159 Å². The van der Waals surface area contributed by atoms with E-state index in [0.717, 1.165) is 17.1 Å². The number of hydrogen-bond donors (Lipinski definition) is 0. The van der Waals surface area contributed by atoms with Crippen molar-refractivity contribution < 1.29 is 0 Å². The quantitative estimate of drug-likeness (QED) is 0.253. The molecule has 2 heteroatoms. The zero-order valence-corrected chi connectivity index (χ0v) is 21.9. The smallest absolute Gasteiger partial charge is 0.0462 e. The third-order valence-corrected chi connectivity index (χ3v) is 7.71. The molecular weight excluding hydrogens is 448 g/mol. The molecule has 6 rings (SSSR count). The minimum atomic E-state index is -0.0729. The Morgan fingerprint density at radius 1 is 0.541 bits per heavy atom. The van der Waals surface area contributed by atoms with Gasteiger partial charge in [-0.15, -0.1) is 0 Å². The lowest BCUT2D eigenvalue weighted by molar-refractivity contribution is 0.629. The Bertz CT molecular complexity index is 1510. The van der Waals surface area contributed by atoms with Crippen LogP contribution < -0.4 is 9.80 Å². The Balaban J connectivity index is 1.39. The zero-order chi connectivity index (χ0) is 25.6. The van der Waals surface area contributed by atoms with Gasteiger partial charge in [0.2, 0.25) is 0 Å². The van der Waals surface area contributed by atoms with Gasteiger partial charge in [-0.2, -0.15) is 0 Å². The summed E-state index contributed by atoms with van der Waals surface area (Å²) in [6, 6.07) is 43.8. The van der Waals surface area contributed by atoms with Gasteiger partial charge in [-0.05, 0) is 83.8 Å². The standard InChI is InChI=1S/C35H32N2/c1-25-15-21-33-31(23-25)35(2,3)32-24-27(18-22-34(32)36(33)4)26-16-19-30(20-17-26)37(28-11-7-5-8-12-28)29-13-9-6-10-14-29/h5-24H,1-4H3. The van der Waals surface area contributed by atoms with Crippen molar-refractivity contribution in [2.75, 3.05) is 16.8 Å². The molecule has 5 aromatic carbocycles. The lowest BCUT2D eigenvalue weighted by Gasteiger charge is -2.41. The normalized spacial score (nSPS) is 13.6. The lowest BCUT2D eigenvalue weighted by atomic mass is 9.72. The highest BCUT2D eigenvalue weighted by Crippen LogP contribution is 2.49. The summed E-state index contributed by atoms with van der Waals surface area (Å²) < 4.78 is 0. The minimum absolute atomic E-state index is 0.0729. The molecule has 0 aromatic heterocycles. The zero-order valence-electron chi connectivity index (χ0n) is 21.9. The molecule has 0 amide bonds. The van der Waals surface area contributed by atoms with Crippen LogP contribution in [0.15, 0.2) is 121 Å². The predicted octanol–water partition coefficient (Wildman–Crippen LogP) is 9.54. The first-order valence-corrected chi connectivity index (χ1v) is 12.9. The van der Waals surface area contributed by atoms with Crippen molar-refractivity contribution >= 4 is 28.4 Å². The van der Waals surface area contributed by atoms with Crippen molar-refractivity contribution in [3.05, 3.63) is 138 Å². The van der Waals surface area contributed by atoms with Crippen LogP contribution in [0, 0.1) is 6.92 Å². The van der Waals surface area contributed by atoms with E-state index in [9.17, 15) is 0 Å². The van der Waals surface area contributed by atoms with Gasteiger partial charge in [-0.3, -0.25) is 0 Å². The summed E-state index contributed by atoms with van der Waals surface area (Å²) in [5.74, 6) is 0. The summed E-state index contributed by atoms with van der Waals surface area (Å²) in [5.41, 5.74) is 12.5. The van der Waals surface area contributed by atoms with Gasteiger partial charge in [-0.1, -0.05) is 86.1 Å². The second-order valence-corrected chi connectivity index (χ2v) is 10.5. The fraction of sp³-hybridized carbons (Fsp3) is 0.143. The minimum Gasteiger partial charge on any atom is -0.344 e. The first-order chi connectivity index (χ1) is 17.9. The molecular formula is C35H32N2. The molecule has 1 heterocycles. The largest absolute Gasteiger partial charge is 0.344 e. The summed E-state index contributed by atoms with van der Waals surface area (Å²) in [6.07, 6.45) is 0. The summed E-state index contributed by atoms with van der Waals surface area (Å²) in [6.45, 7) is 6.88. The van der Waals surface area contributed by atoms with Crippen LogP contribution in [-0.2, 0) is 5.41 Å². The Kier molecular flexibility index (Phi) is 5.61. The van der Waals surface area contributed by atoms with E-state index in [1.54, 1.807) is 0 Å². The van der Waals surface area contributed by atoms with Crippen LogP contribution in [0.1, 0.15) is 30.5 Å². The molecule has 5 aromatic rings. The molecule has 0 bridgehead atoms. The van der Waals surface area contributed by atoms with Crippen molar-refractivity contribution in [2.45, 2.75) is 26.2 Å². The van der Waals surface area contributed by atoms with Gasteiger partial charge in [-0.25, -0.2) is 0 Å². The van der Waals surface area contributed by atoms with Crippen LogP contribution in [-0.4, -0.2) is 7.05 Å². The second kappa shape index (κ2) is 8.97. The monoisotopic (exact) mass is 480 g/mol. The molecule has 0 saturated carbocycles. The molecule has 0 radical (unpaired) electrons. The Morgan fingerprint density at radius 3 is 1.62 bits per heavy atom. The van der Waals surface area contributed by atoms with Crippen molar-refractivity contribution in [1.82, 2.24) is 0 Å². The highest BCUT2D eigenvalue weighted by Gasteiger charge is 2.35. The third-order valence-electron chi connectivity index (χ3n) is 7.71. The summed E-state index contributed by atoms with van der Waals surface area (Å²) in [5, 5.41) is 0. The molecule has 0 saturated heterocycles. The highest BCUT2D eigenvalue weighted by molar-refractivity contribution is 5.82. The maximum absolute atomic E-state index is 2.39. The molecule has 0 unspecified atom stereocenters. The van der Waals surface area contributed by atoms with Gasteiger partial charge in [0, 0.05) is 40.9 Å². The van der Waals surface area contributed by atoms with Gasteiger partial charge >= 0.3 is 0 Å². The average Bonchev–Trinajstić information content (AvgIpc) is 2.93. The molecule has 0 spiro atoms. The number of benzene rings is 5. The Morgan fingerprint density at radius 2 is 1.03 bits per heavy atom. The van der Waals surface area contributed by atoms with Crippen LogP contribution in [0.2, 0.25) is 0 Å². The van der Waals surface area contributed by atoms with E-state index >= 15 is 0 Å². The molecule has 182 valence electrons. The van der Waals surface area contributed by atoms with Gasteiger partial charge in [0.15, 0.2) is 0 Å². The molecule has 0 atom stereocenters. The number of aryl methyl sites for hydroxylation is 1. The maximum Gasteiger partial charge on any atom is 0.0462 e. The van der Waals surface area contributed by atoms with Crippen molar-refractivity contribution in [1.29, 1.82) is 0 Å². The Labute approximate surface area is 220 Å². The summed E-state index contributed by atoms with van der Waals surface area (Å²) in [4.78, 5) is 4.63. The maximum atomic E-state index is 2.39. The van der Waals surface area contributed by atoms with Crippen LogP contribution in [0.5, 0.6) is 0 Å². The van der Waals surface area contributed by atoms with E-state index in [0.29, 0.717) is 0 Å². The molecule has 37 heavy (non-hydrogen) atoms. The fourth-order valence-electron chi connectivity index (χ4n) is 5.63. The van der Waals surface area contributed by atoms with Crippen LogP contribution in [0.3, 0.4) is 0 Å². The molecule has 0 aliphatic carbocycles. The first-order valence-electron chi connectivity index (χ1n) is 12.9. The second-order valence-electron chi connectivity index (χ2n) is 10.5. The summed E-state index contributed by atoms with van der Waals surface area (Å²) >= 11 is 0. The number of rotatable bonds is 4. The first kappa shape index (κ1) is 23.1. The van der Waals surface area contributed by atoms with Gasteiger partial charge in [0.05, 0.1) is 0 Å². The molecule has 2 nitrogen and oxygen atoms in total.